The molecule has 3 rings (SSSR count). The topological polar surface area (TPSA) is 62.3 Å². The van der Waals surface area contributed by atoms with Gasteiger partial charge in [-0.1, -0.05) is 48.5 Å². The molecule has 0 saturated heterocycles. The van der Waals surface area contributed by atoms with E-state index in [1.807, 2.05) is 48.5 Å². The Kier molecular flexibility index (Phi) is 7.41. The second kappa shape index (κ2) is 10.4. The lowest BCUT2D eigenvalue weighted by molar-refractivity contribution is 0.405. The average molecular weight is 392 g/mol. The number of ether oxygens (including phenoxy) is 1. The fourth-order valence-electron chi connectivity index (χ4n) is 3.01. The summed E-state index contributed by atoms with van der Waals surface area (Å²) in [5.41, 5.74) is 3.01. The lowest BCUT2D eigenvalue weighted by Gasteiger charge is -2.14. The summed E-state index contributed by atoms with van der Waals surface area (Å²) < 4.78 is 5.44. The maximum atomic E-state index is 5.44. The molecular formula is C23H29N5O. The second-order valence-corrected chi connectivity index (χ2v) is 7.08. The largest absolute Gasteiger partial charge is 0.496 e. The molecule has 152 valence electrons. The molecule has 0 fully saturated rings. The van der Waals surface area contributed by atoms with Crippen LogP contribution in [0.5, 0.6) is 5.75 Å². The number of hydrogen-bond donors (Lipinski definition) is 2. The van der Waals surface area contributed by atoms with Crippen LogP contribution in [0.1, 0.15) is 12.0 Å². The van der Waals surface area contributed by atoms with Gasteiger partial charge in [-0.25, -0.2) is 4.98 Å². The van der Waals surface area contributed by atoms with Crippen LogP contribution in [0.15, 0.2) is 60.7 Å². The van der Waals surface area contributed by atoms with Gasteiger partial charge in [-0.3, -0.25) is 0 Å². The van der Waals surface area contributed by atoms with Crippen LogP contribution < -0.4 is 15.4 Å². The van der Waals surface area contributed by atoms with E-state index in [0.29, 0.717) is 12.5 Å². The molecule has 1 heterocycles. The Balaban J connectivity index is 1.78. The van der Waals surface area contributed by atoms with Crippen molar-refractivity contribution in [3.05, 3.63) is 66.2 Å². The van der Waals surface area contributed by atoms with Crippen molar-refractivity contribution >= 4 is 11.8 Å². The van der Waals surface area contributed by atoms with E-state index in [1.54, 1.807) is 7.11 Å². The SMILES string of the molecule is COc1ccccc1CNc1nc(NCCCN(C)C)cc(-c2ccccc2)n1. The normalized spacial score (nSPS) is 10.8. The number of hydrogen-bond acceptors (Lipinski definition) is 6. The highest BCUT2D eigenvalue weighted by Gasteiger charge is 2.08. The number of anilines is 2. The minimum Gasteiger partial charge on any atom is -0.496 e. The molecule has 29 heavy (non-hydrogen) atoms. The molecule has 2 N–H and O–H groups in total. The van der Waals surface area contributed by atoms with Crippen LogP contribution >= 0.6 is 0 Å². The number of para-hydroxylation sites is 1. The van der Waals surface area contributed by atoms with Gasteiger partial charge in [-0.15, -0.1) is 0 Å². The Bertz CT molecular complexity index is 899. The molecule has 0 aliphatic rings. The van der Waals surface area contributed by atoms with E-state index < -0.39 is 0 Å². The van der Waals surface area contributed by atoms with Gasteiger partial charge in [0.05, 0.1) is 12.8 Å². The molecule has 0 atom stereocenters. The number of methoxy groups -OCH3 is 1. The van der Waals surface area contributed by atoms with Crippen LogP contribution in [0.25, 0.3) is 11.3 Å². The molecule has 0 aliphatic heterocycles. The van der Waals surface area contributed by atoms with Crippen molar-refractivity contribution in [1.82, 2.24) is 14.9 Å². The van der Waals surface area contributed by atoms with Gasteiger partial charge in [0.25, 0.3) is 0 Å². The molecule has 1 aromatic heterocycles. The molecule has 0 unspecified atom stereocenters. The summed E-state index contributed by atoms with van der Waals surface area (Å²) in [7, 11) is 5.84. The van der Waals surface area contributed by atoms with E-state index >= 15 is 0 Å². The van der Waals surface area contributed by atoms with Crippen LogP contribution in [0.4, 0.5) is 11.8 Å². The summed E-state index contributed by atoms with van der Waals surface area (Å²) in [6.45, 7) is 2.47. The third kappa shape index (κ3) is 6.19. The predicted octanol–water partition coefficient (Wildman–Crippen LogP) is 4.13. The van der Waals surface area contributed by atoms with Crippen molar-refractivity contribution in [3.63, 3.8) is 0 Å². The first-order chi connectivity index (χ1) is 14.2. The number of aromatic nitrogens is 2. The Morgan fingerprint density at radius 2 is 1.69 bits per heavy atom. The molecule has 6 heteroatoms. The van der Waals surface area contributed by atoms with Gasteiger partial charge in [-0.05, 0) is 33.1 Å². The summed E-state index contributed by atoms with van der Waals surface area (Å²) in [4.78, 5) is 11.6. The second-order valence-electron chi connectivity index (χ2n) is 7.08. The highest BCUT2D eigenvalue weighted by Crippen LogP contribution is 2.23. The van der Waals surface area contributed by atoms with Gasteiger partial charge in [0.1, 0.15) is 11.6 Å². The number of benzene rings is 2. The van der Waals surface area contributed by atoms with Gasteiger partial charge < -0.3 is 20.3 Å². The van der Waals surface area contributed by atoms with Crippen LogP contribution in [-0.4, -0.2) is 49.2 Å². The molecule has 0 radical (unpaired) electrons. The molecule has 0 spiro atoms. The van der Waals surface area contributed by atoms with E-state index in [9.17, 15) is 0 Å². The molecule has 0 bridgehead atoms. The molecule has 0 saturated carbocycles. The van der Waals surface area contributed by atoms with E-state index in [2.05, 4.69) is 46.7 Å². The summed E-state index contributed by atoms with van der Waals surface area (Å²) in [5.74, 6) is 2.26. The molecular weight excluding hydrogens is 362 g/mol. The van der Waals surface area contributed by atoms with Crippen molar-refractivity contribution in [2.24, 2.45) is 0 Å². The first-order valence-corrected chi connectivity index (χ1v) is 9.84. The van der Waals surface area contributed by atoms with E-state index in [4.69, 9.17) is 9.72 Å². The Labute approximate surface area is 173 Å². The molecule has 0 aliphatic carbocycles. The van der Waals surface area contributed by atoms with Crippen molar-refractivity contribution in [1.29, 1.82) is 0 Å². The van der Waals surface area contributed by atoms with Gasteiger partial charge in [0.2, 0.25) is 5.95 Å². The zero-order valence-corrected chi connectivity index (χ0v) is 17.4. The number of nitrogens with zero attached hydrogens (tertiary/aromatic N) is 3. The molecule has 6 nitrogen and oxygen atoms in total. The zero-order chi connectivity index (χ0) is 20.5. The number of nitrogens with one attached hydrogen (secondary N) is 2. The van der Waals surface area contributed by atoms with Gasteiger partial charge in [0, 0.05) is 30.3 Å². The van der Waals surface area contributed by atoms with E-state index in [1.165, 1.54) is 0 Å². The summed E-state index contributed by atoms with van der Waals surface area (Å²) >= 11 is 0. The first-order valence-electron chi connectivity index (χ1n) is 9.84. The average Bonchev–Trinajstić information content (AvgIpc) is 2.76. The first kappa shape index (κ1) is 20.6. The summed E-state index contributed by atoms with van der Waals surface area (Å²) in [5, 5.41) is 6.77. The Morgan fingerprint density at radius 1 is 0.931 bits per heavy atom. The summed E-state index contributed by atoms with van der Waals surface area (Å²) in [6, 6.07) is 20.1. The fourth-order valence-corrected chi connectivity index (χ4v) is 3.01. The lowest BCUT2D eigenvalue weighted by atomic mass is 10.1. The molecule has 3 aromatic rings. The van der Waals surface area contributed by atoms with Crippen molar-refractivity contribution < 1.29 is 4.74 Å². The predicted molar refractivity (Wildman–Crippen MR) is 119 cm³/mol. The Morgan fingerprint density at radius 3 is 2.45 bits per heavy atom. The third-order valence-electron chi connectivity index (χ3n) is 4.51. The van der Waals surface area contributed by atoms with Crippen LogP contribution in [0.3, 0.4) is 0 Å². The van der Waals surface area contributed by atoms with Gasteiger partial charge in [0.15, 0.2) is 0 Å². The summed E-state index contributed by atoms with van der Waals surface area (Å²) in [6.07, 6.45) is 1.04. The molecule has 2 aromatic carbocycles. The van der Waals surface area contributed by atoms with E-state index in [-0.39, 0.29) is 0 Å². The maximum Gasteiger partial charge on any atom is 0.225 e. The highest BCUT2D eigenvalue weighted by atomic mass is 16.5. The smallest absolute Gasteiger partial charge is 0.225 e. The third-order valence-corrected chi connectivity index (χ3v) is 4.51. The van der Waals surface area contributed by atoms with Crippen molar-refractivity contribution in [3.8, 4) is 17.0 Å². The van der Waals surface area contributed by atoms with E-state index in [0.717, 1.165) is 47.9 Å². The number of rotatable bonds is 10. The lowest BCUT2D eigenvalue weighted by Crippen LogP contribution is -2.17. The maximum absolute atomic E-state index is 5.44. The molecule has 0 amide bonds. The fraction of sp³-hybridized carbons (Fsp3) is 0.304. The van der Waals surface area contributed by atoms with Crippen LogP contribution in [-0.2, 0) is 6.54 Å². The van der Waals surface area contributed by atoms with Crippen molar-refractivity contribution in [2.75, 3.05) is 44.9 Å². The highest BCUT2D eigenvalue weighted by molar-refractivity contribution is 5.64. The minimum atomic E-state index is 0.586. The van der Waals surface area contributed by atoms with Gasteiger partial charge >= 0.3 is 0 Å². The standard InChI is InChI=1S/C23H29N5O/c1-28(2)15-9-14-24-22-16-20(18-10-5-4-6-11-18)26-23(27-22)25-17-19-12-7-8-13-21(19)29-3/h4-8,10-13,16H,9,14-15,17H2,1-3H3,(H2,24,25,26,27). The Hall–Kier alpha value is -3.12. The van der Waals surface area contributed by atoms with Crippen LogP contribution in [0.2, 0.25) is 0 Å². The van der Waals surface area contributed by atoms with Crippen LogP contribution in [0, 0.1) is 0 Å². The zero-order valence-electron chi connectivity index (χ0n) is 17.4. The van der Waals surface area contributed by atoms with Gasteiger partial charge in [-0.2, -0.15) is 4.98 Å². The monoisotopic (exact) mass is 391 g/mol. The quantitative estimate of drug-likeness (QED) is 0.507. The minimum absolute atomic E-state index is 0.586. The van der Waals surface area contributed by atoms with Crippen molar-refractivity contribution in [2.45, 2.75) is 13.0 Å².